The molecule has 0 saturated heterocycles. The fourth-order valence-electron chi connectivity index (χ4n) is 2.75. The summed E-state index contributed by atoms with van der Waals surface area (Å²) < 4.78 is 4.61. The van der Waals surface area contributed by atoms with Crippen molar-refractivity contribution in [3.05, 3.63) is 41.6 Å². The first kappa shape index (κ1) is 18.7. The van der Waals surface area contributed by atoms with Crippen LogP contribution in [0.15, 0.2) is 30.3 Å². The Labute approximate surface area is 148 Å². The number of para-hydroxylation sites is 1. The summed E-state index contributed by atoms with van der Waals surface area (Å²) in [6.07, 6.45) is -0.0668. The van der Waals surface area contributed by atoms with Gasteiger partial charge in [0.25, 0.3) is 0 Å². The van der Waals surface area contributed by atoms with E-state index in [9.17, 15) is 9.59 Å². The zero-order valence-electron chi connectivity index (χ0n) is 15.1. The van der Waals surface area contributed by atoms with Crippen LogP contribution in [-0.4, -0.2) is 30.1 Å². The van der Waals surface area contributed by atoms with Gasteiger partial charge in [0, 0.05) is 17.6 Å². The molecule has 0 aliphatic heterocycles. The van der Waals surface area contributed by atoms with Gasteiger partial charge in [0.15, 0.2) is 0 Å². The number of carbonyl (C=O) groups excluding carboxylic acids is 2. The molecule has 6 nitrogen and oxygen atoms in total. The van der Waals surface area contributed by atoms with Crippen molar-refractivity contribution in [2.45, 2.75) is 39.8 Å². The first-order valence-electron chi connectivity index (χ1n) is 8.38. The van der Waals surface area contributed by atoms with Gasteiger partial charge in [0.05, 0.1) is 12.6 Å². The summed E-state index contributed by atoms with van der Waals surface area (Å²) in [4.78, 5) is 28.5. The van der Waals surface area contributed by atoms with Crippen LogP contribution >= 0.6 is 0 Å². The van der Waals surface area contributed by atoms with Gasteiger partial charge in [-0.3, -0.25) is 9.78 Å². The van der Waals surface area contributed by atoms with Gasteiger partial charge in [-0.1, -0.05) is 32.0 Å². The number of methoxy groups -OCH3 is 1. The molecule has 1 aromatic carbocycles. The molecule has 1 heterocycles. The van der Waals surface area contributed by atoms with Crippen molar-refractivity contribution in [2.24, 2.45) is 5.92 Å². The average molecular weight is 343 g/mol. The van der Waals surface area contributed by atoms with Crippen LogP contribution in [0, 0.1) is 12.8 Å². The zero-order chi connectivity index (χ0) is 18.4. The molecule has 0 radical (unpaired) electrons. The molecule has 25 heavy (non-hydrogen) atoms. The van der Waals surface area contributed by atoms with Crippen molar-refractivity contribution in [2.75, 3.05) is 7.11 Å². The van der Waals surface area contributed by atoms with Crippen molar-refractivity contribution in [1.82, 2.24) is 15.6 Å². The highest BCUT2D eigenvalue weighted by atomic mass is 16.5. The van der Waals surface area contributed by atoms with E-state index in [2.05, 4.69) is 20.4 Å². The van der Waals surface area contributed by atoms with Crippen LogP contribution in [0.1, 0.15) is 31.5 Å². The van der Waals surface area contributed by atoms with E-state index in [-0.39, 0.29) is 11.8 Å². The van der Waals surface area contributed by atoms with E-state index in [4.69, 9.17) is 0 Å². The lowest BCUT2D eigenvalue weighted by atomic mass is 10.0. The van der Waals surface area contributed by atoms with E-state index in [0.29, 0.717) is 13.0 Å². The third-order valence-corrected chi connectivity index (χ3v) is 3.88. The molecule has 0 saturated carbocycles. The lowest BCUT2D eigenvalue weighted by Crippen LogP contribution is -2.47. The van der Waals surface area contributed by atoms with E-state index < -0.39 is 12.1 Å². The van der Waals surface area contributed by atoms with Gasteiger partial charge in [-0.25, -0.2) is 4.79 Å². The Morgan fingerprint density at radius 1 is 1.24 bits per heavy atom. The molecule has 134 valence electrons. The standard InChI is InChI=1S/C19H25N3O3/c1-12(2)9-17(22-19(24)25-4)18(23)20-11-14-10-13(3)21-16-8-6-5-7-15(14)16/h5-8,10,12,17H,9,11H2,1-4H3,(H,20,23)(H,22,24). The molecule has 1 atom stereocenters. The van der Waals surface area contributed by atoms with E-state index in [1.165, 1.54) is 7.11 Å². The largest absolute Gasteiger partial charge is 0.453 e. The van der Waals surface area contributed by atoms with Crippen molar-refractivity contribution in [3.8, 4) is 0 Å². The number of nitrogens with zero attached hydrogens (tertiary/aromatic N) is 1. The minimum Gasteiger partial charge on any atom is -0.453 e. The molecule has 6 heteroatoms. The third-order valence-electron chi connectivity index (χ3n) is 3.88. The SMILES string of the molecule is COC(=O)NC(CC(C)C)C(=O)NCc1cc(C)nc2ccccc12. The number of alkyl carbamates (subject to hydrolysis) is 1. The number of rotatable bonds is 6. The second-order valence-electron chi connectivity index (χ2n) is 6.48. The smallest absolute Gasteiger partial charge is 0.407 e. The normalized spacial score (nSPS) is 12.0. The molecule has 0 aliphatic rings. The third kappa shape index (κ3) is 5.17. The lowest BCUT2D eigenvalue weighted by molar-refractivity contribution is -0.123. The maximum Gasteiger partial charge on any atom is 0.407 e. The van der Waals surface area contributed by atoms with Gasteiger partial charge in [-0.05, 0) is 37.0 Å². The molecular weight excluding hydrogens is 318 g/mol. The first-order chi connectivity index (χ1) is 11.9. The Hall–Kier alpha value is -2.63. The average Bonchev–Trinajstić information content (AvgIpc) is 2.58. The Morgan fingerprint density at radius 3 is 2.64 bits per heavy atom. The first-order valence-corrected chi connectivity index (χ1v) is 8.38. The molecule has 0 spiro atoms. The predicted molar refractivity (Wildman–Crippen MR) is 97.1 cm³/mol. The molecule has 1 aromatic heterocycles. The van der Waals surface area contributed by atoms with Gasteiger partial charge in [0.1, 0.15) is 6.04 Å². The summed E-state index contributed by atoms with van der Waals surface area (Å²) in [5, 5.41) is 6.52. The van der Waals surface area contributed by atoms with E-state index in [0.717, 1.165) is 22.2 Å². The number of hydrogen-bond acceptors (Lipinski definition) is 4. The molecule has 2 amide bonds. The highest BCUT2D eigenvalue weighted by molar-refractivity contribution is 5.87. The lowest BCUT2D eigenvalue weighted by Gasteiger charge is -2.19. The molecule has 0 fully saturated rings. The Morgan fingerprint density at radius 2 is 1.96 bits per heavy atom. The molecular formula is C19H25N3O3. The van der Waals surface area contributed by atoms with Gasteiger partial charge in [-0.2, -0.15) is 0 Å². The number of hydrogen-bond donors (Lipinski definition) is 2. The van der Waals surface area contributed by atoms with Crippen LogP contribution < -0.4 is 10.6 Å². The predicted octanol–water partition coefficient (Wildman–Crippen LogP) is 2.93. The molecule has 0 aliphatic carbocycles. The minimum atomic E-state index is -0.623. The van der Waals surface area contributed by atoms with Crippen molar-refractivity contribution in [1.29, 1.82) is 0 Å². The highest BCUT2D eigenvalue weighted by Gasteiger charge is 2.22. The van der Waals surface area contributed by atoms with Crippen LogP contribution in [0.5, 0.6) is 0 Å². The Balaban J connectivity index is 2.13. The second kappa shape index (κ2) is 8.46. The van der Waals surface area contributed by atoms with E-state index in [1.54, 1.807) is 0 Å². The number of pyridine rings is 1. The Bertz CT molecular complexity index is 759. The number of fused-ring (bicyclic) bond motifs is 1. The van der Waals surface area contributed by atoms with Crippen LogP contribution in [0.4, 0.5) is 4.79 Å². The zero-order valence-corrected chi connectivity index (χ0v) is 15.1. The number of aryl methyl sites for hydroxylation is 1. The number of carbonyl (C=O) groups is 2. The summed E-state index contributed by atoms with van der Waals surface area (Å²) in [6, 6.07) is 9.17. The fourth-order valence-corrected chi connectivity index (χ4v) is 2.75. The Kier molecular flexibility index (Phi) is 6.33. The van der Waals surface area contributed by atoms with Crippen molar-refractivity contribution < 1.29 is 14.3 Å². The minimum absolute atomic E-state index is 0.224. The molecule has 2 rings (SSSR count). The summed E-state index contributed by atoms with van der Waals surface area (Å²) >= 11 is 0. The molecule has 1 unspecified atom stereocenters. The van der Waals surface area contributed by atoms with Crippen LogP contribution in [-0.2, 0) is 16.1 Å². The van der Waals surface area contributed by atoms with Crippen molar-refractivity contribution >= 4 is 22.9 Å². The van der Waals surface area contributed by atoms with Crippen LogP contribution in [0.3, 0.4) is 0 Å². The van der Waals surface area contributed by atoms with Crippen LogP contribution in [0.2, 0.25) is 0 Å². The topological polar surface area (TPSA) is 80.3 Å². The number of benzene rings is 1. The molecule has 0 bridgehead atoms. The number of aromatic nitrogens is 1. The van der Waals surface area contributed by atoms with Gasteiger partial charge >= 0.3 is 6.09 Å². The summed E-state index contributed by atoms with van der Waals surface area (Å²) in [5.74, 6) is 0.0366. The highest BCUT2D eigenvalue weighted by Crippen LogP contribution is 2.18. The van der Waals surface area contributed by atoms with E-state index in [1.807, 2.05) is 51.1 Å². The van der Waals surface area contributed by atoms with Crippen LogP contribution in [0.25, 0.3) is 10.9 Å². The maximum atomic E-state index is 12.5. The summed E-state index contributed by atoms with van der Waals surface area (Å²) in [7, 11) is 1.28. The fraction of sp³-hybridized carbons (Fsp3) is 0.421. The number of nitrogens with one attached hydrogen (secondary N) is 2. The van der Waals surface area contributed by atoms with Gasteiger partial charge < -0.3 is 15.4 Å². The molecule has 2 N–H and O–H groups in total. The van der Waals surface area contributed by atoms with Gasteiger partial charge in [0.2, 0.25) is 5.91 Å². The quantitative estimate of drug-likeness (QED) is 0.845. The summed E-state index contributed by atoms with van der Waals surface area (Å²) in [6.45, 7) is 6.30. The second-order valence-corrected chi connectivity index (χ2v) is 6.48. The molecule has 2 aromatic rings. The number of amides is 2. The van der Waals surface area contributed by atoms with Gasteiger partial charge in [-0.15, -0.1) is 0 Å². The van der Waals surface area contributed by atoms with E-state index >= 15 is 0 Å². The summed E-state index contributed by atoms with van der Waals surface area (Å²) in [5.41, 5.74) is 2.80. The monoisotopic (exact) mass is 343 g/mol. The number of ether oxygens (including phenoxy) is 1. The maximum absolute atomic E-state index is 12.5. The van der Waals surface area contributed by atoms with Crippen molar-refractivity contribution in [3.63, 3.8) is 0 Å².